The number of ether oxygens (including phenoxy) is 2. The molecule has 0 aliphatic carbocycles. The minimum absolute atomic E-state index is 0.104. The monoisotopic (exact) mass is 169 g/mol. The van der Waals surface area contributed by atoms with Crippen molar-refractivity contribution in [3.63, 3.8) is 0 Å². The fraction of sp³-hybridized carbons (Fsp3) is 0.500. The van der Waals surface area contributed by atoms with Gasteiger partial charge in [0.05, 0.1) is 6.61 Å². The smallest absolute Gasteiger partial charge is 0.315 e. The highest BCUT2D eigenvalue weighted by atomic mass is 16.5. The summed E-state index contributed by atoms with van der Waals surface area (Å²) in [4.78, 5) is 14.8. The van der Waals surface area contributed by atoms with Crippen molar-refractivity contribution in [1.29, 1.82) is 0 Å². The molecule has 4 heteroatoms. The normalized spacial score (nSPS) is 15.4. The SMILES string of the molecule is C=C1CN=C(CC(=O)OCC)O1. The highest BCUT2D eigenvalue weighted by Crippen LogP contribution is 2.08. The van der Waals surface area contributed by atoms with Gasteiger partial charge in [0.2, 0.25) is 5.90 Å². The lowest BCUT2D eigenvalue weighted by molar-refractivity contribution is -0.141. The van der Waals surface area contributed by atoms with E-state index in [-0.39, 0.29) is 12.4 Å². The molecule has 1 aliphatic rings. The molecule has 0 aromatic rings. The summed E-state index contributed by atoms with van der Waals surface area (Å²) in [5.74, 6) is 0.665. The molecule has 0 saturated carbocycles. The minimum atomic E-state index is -0.314. The molecule has 0 saturated heterocycles. The molecule has 1 aliphatic heterocycles. The Morgan fingerprint density at radius 2 is 2.58 bits per heavy atom. The molecule has 0 atom stereocenters. The number of rotatable bonds is 3. The summed E-state index contributed by atoms with van der Waals surface area (Å²) in [5, 5.41) is 0. The summed E-state index contributed by atoms with van der Waals surface area (Å²) in [6.07, 6.45) is 0.104. The number of hydrogen-bond donors (Lipinski definition) is 0. The van der Waals surface area contributed by atoms with Crippen molar-refractivity contribution >= 4 is 11.9 Å². The Morgan fingerprint density at radius 3 is 3.08 bits per heavy atom. The van der Waals surface area contributed by atoms with Crippen molar-refractivity contribution in [3.05, 3.63) is 12.3 Å². The number of carbonyl (C=O) groups is 1. The van der Waals surface area contributed by atoms with Crippen molar-refractivity contribution in [3.8, 4) is 0 Å². The number of nitrogens with zero attached hydrogens (tertiary/aromatic N) is 1. The Hall–Kier alpha value is -1.32. The Balaban J connectivity index is 2.32. The van der Waals surface area contributed by atoms with Crippen LogP contribution in [-0.4, -0.2) is 25.0 Å². The Morgan fingerprint density at radius 1 is 1.83 bits per heavy atom. The van der Waals surface area contributed by atoms with E-state index in [1.165, 1.54) is 0 Å². The van der Waals surface area contributed by atoms with Crippen molar-refractivity contribution < 1.29 is 14.3 Å². The second kappa shape index (κ2) is 3.90. The first-order chi connectivity index (χ1) is 5.72. The topological polar surface area (TPSA) is 47.9 Å². The van der Waals surface area contributed by atoms with Gasteiger partial charge in [0.25, 0.3) is 0 Å². The number of hydrogen-bond acceptors (Lipinski definition) is 4. The first-order valence-corrected chi connectivity index (χ1v) is 3.77. The van der Waals surface area contributed by atoms with Gasteiger partial charge in [-0.25, -0.2) is 4.99 Å². The second-order valence-electron chi connectivity index (χ2n) is 2.33. The molecular weight excluding hydrogens is 158 g/mol. The van der Waals surface area contributed by atoms with Gasteiger partial charge >= 0.3 is 5.97 Å². The molecule has 0 bridgehead atoms. The number of aliphatic imine (C=N–C) groups is 1. The molecule has 0 spiro atoms. The van der Waals surface area contributed by atoms with Crippen LogP contribution in [0.25, 0.3) is 0 Å². The Bertz CT molecular complexity index is 232. The van der Waals surface area contributed by atoms with Gasteiger partial charge in [-0.3, -0.25) is 4.79 Å². The van der Waals surface area contributed by atoms with Crippen LogP contribution in [0.4, 0.5) is 0 Å². The van der Waals surface area contributed by atoms with E-state index in [1.807, 2.05) is 0 Å². The predicted octanol–water partition coefficient (Wildman–Crippen LogP) is 0.882. The molecule has 0 fully saturated rings. The molecule has 0 unspecified atom stereocenters. The Kier molecular flexibility index (Phi) is 2.85. The summed E-state index contributed by atoms with van der Waals surface area (Å²) >= 11 is 0. The molecular formula is C8H11NO3. The summed E-state index contributed by atoms with van der Waals surface area (Å²) in [5.41, 5.74) is 0. The van der Waals surface area contributed by atoms with E-state index in [1.54, 1.807) is 6.92 Å². The van der Waals surface area contributed by atoms with Crippen LogP contribution in [0.3, 0.4) is 0 Å². The third-order valence-electron chi connectivity index (χ3n) is 1.29. The molecule has 4 nitrogen and oxygen atoms in total. The van der Waals surface area contributed by atoms with Gasteiger partial charge in [-0.15, -0.1) is 0 Å². The summed E-state index contributed by atoms with van der Waals surface area (Å²) in [7, 11) is 0. The highest BCUT2D eigenvalue weighted by molar-refractivity contribution is 5.95. The molecule has 0 aromatic heterocycles. The van der Waals surface area contributed by atoms with Gasteiger partial charge in [-0.1, -0.05) is 6.58 Å². The first kappa shape index (κ1) is 8.77. The standard InChI is InChI=1S/C8H11NO3/c1-3-11-8(10)4-7-9-5-6(2)12-7/h2-5H2,1H3. The zero-order valence-corrected chi connectivity index (χ0v) is 7.00. The largest absolute Gasteiger partial charge is 0.466 e. The van der Waals surface area contributed by atoms with E-state index < -0.39 is 0 Å². The van der Waals surface area contributed by atoms with Gasteiger partial charge in [-0.05, 0) is 6.92 Å². The summed E-state index contributed by atoms with van der Waals surface area (Å²) < 4.78 is 9.74. The van der Waals surface area contributed by atoms with Crippen LogP contribution >= 0.6 is 0 Å². The lowest BCUT2D eigenvalue weighted by atomic mass is 10.4. The maximum atomic E-state index is 10.9. The molecule has 0 amide bonds. The number of carbonyl (C=O) groups excluding carboxylic acids is 1. The van der Waals surface area contributed by atoms with E-state index >= 15 is 0 Å². The van der Waals surface area contributed by atoms with Crippen LogP contribution in [-0.2, 0) is 14.3 Å². The van der Waals surface area contributed by atoms with Gasteiger partial charge in [0.1, 0.15) is 18.7 Å². The molecule has 1 rings (SSSR count). The fourth-order valence-corrected chi connectivity index (χ4v) is 0.835. The fourth-order valence-electron chi connectivity index (χ4n) is 0.835. The van der Waals surface area contributed by atoms with Gasteiger partial charge < -0.3 is 9.47 Å². The molecule has 0 N–H and O–H groups in total. The average molecular weight is 169 g/mol. The number of esters is 1. The summed E-state index contributed by atoms with van der Waals surface area (Å²) in [6.45, 7) is 6.16. The van der Waals surface area contributed by atoms with Gasteiger partial charge in [0, 0.05) is 0 Å². The molecule has 12 heavy (non-hydrogen) atoms. The second-order valence-corrected chi connectivity index (χ2v) is 2.33. The van der Waals surface area contributed by atoms with Gasteiger partial charge in [-0.2, -0.15) is 0 Å². The van der Waals surface area contributed by atoms with E-state index in [9.17, 15) is 4.79 Å². The quantitative estimate of drug-likeness (QED) is 0.589. The average Bonchev–Trinajstić information content (AvgIpc) is 2.36. The molecule has 66 valence electrons. The maximum absolute atomic E-state index is 10.9. The lowest BCUT2D eigenvalue weighted by Gasteiger charge is -2.01. The zero-order valence-electron chi connectivity index (χ0n) is 7.00. The first-order valence-electron chi connectivity index (χ1n) is 3.77. The van der Waals surface area contributed by atoms with Gasteiger partial charge in [0.15, 0.2) is 0 Å². The maximum Gasteiger partial charge on any atom is 0.315 e. The van der Waals surface area contributed by atoms with Crippen LogP contribution < -0.4 is 0 Å². The van der Waals surface area contributed by atoms with E-state index in [0.29, 0.717) is 24.8 Å². The van der Waals surface area contributed by atoms with Crippen molar-refractivity contribution in [2.45, 2.75) is 13.3 Å². The van der Waals surface area contributed by atoms with Crippen LogP contribution in [0.2, 0.25) is 0 Å². The molecule has 1 heterocycles. The highest BCUT2D eigenvalue weighted by Gasteiger charge is 2.15. The third kappa shape index (κ3) is 2.38. The van der Waals surface area contributed by atoms with Crippen LogP contribution in [0.5, 0.6) is 0 Å². The van der Waals surface area contributed by atoms with Crippen LogP contribution in [0, 0.1) is 0 Å². The predicted molar refractivity (Wildman–Crippen MR) is 43.8 cm³/mol. The van der Waals surface area contributed by atoms with E-state index in [4.69, 9.17) is 9.47 Å². The third-order valence-corrected chi connectivity index (χ3v) is 1.29. The van der Waals surface area contributed by atoms with Crippen LogP contribution in [0.1, 0.15) is 13.3 Å². The van der Waals surface area contributed by atoms with Crippen molar-refractivity contribution in [2.75, 3.05) is 13.2 Å². The molecule has 0 aromatic carbocycles. The Labute approximate surface area is 70.9 Å². The zero-order chi connectivity index (χ0) is 8.97. The lowest BCUT2D eigenvalue weighted by Crippen LogP contribution is -2.10. The van der Waals surface area contributed by atoms with E-state index in [2.05, 4.69) is 11.6 Å². The molecule has 0 radical (unpaired) electrons. The van der Waals surface area contributed by atoms with Crippen LogP contribution in [0.15, 0.2) is 17.3 Å². The van der Waals surface area contributed by atoms with E-state index in [0.717, 1.165) is 0 Å². The van der Waals surface area contributed by atoms with Crippen molar-refractivity contribution in [2.24, 2.45) is 4.99 Å². The minimum Gasteiger partial charge on any atom is -0.466 e. The summed E-state index contributed by atoms with van der Waals surface area (Å²) in [6, 6.07) is 0. The van der Waals surface area contributed by atoms with Crippen molar-refractivity contribution in [1.82, 2.24) is 0 Å².